The molecule has 2 aromatic carbocycles. The van der Waals surface area contributed by atoms with Gasteiger partial charge in [0.2, 0.25) is 0 Å². The molecule has 2 saturated carbocycles. The number of nitro benzene ring substituents is 1. The van der Waals surface area contributed by atoms with Crippen LogP contribution in [0, 0.1) is 45.6 Å². The fourth-order valence-corrected chi connectivity index (χ4v) is 6.65. The van der Waals surface area contributed by atoms with Gasteiger partial charge in [0, 0.05) is 23.3 Å². The summed E-state index contributed by atoms with van der Waals surface area (Å²) in [6.45, 7) is 1.72. The molecule has 0 unspecified atom stereocenters. The number of hydrazine groups is 1. The number of hydrogen-bond acceptors (Lipinski definition) is 6. The van der Waals surface area contributed by atoms with Gasteiger partial charge in [0.05, 0.1) is 16.8 Å². The maximum atomic E-state index is 13.9. The summed E-state index contributed by atoms with van der Waals surface area (Å²) in [5.74, 6) is -2.39. The molecule has 0 spiro atoms. The molecule has 1 saturated heterocycles. The van der Waals surface area contributed by atoms with Gasteiger partial charge in [-0.3, -0.25) is 29.3 Å². The van der Waals surface area contributed by atoms with E-state index in [0.29, 0.717) is 17.4 Å². The van der Waals surface area contributed by atoms with Gasteiger partial charge in [-0.1, -0.05) is 49.4 Å². The maximum absolute atomic E-state index is 13.9. The number of ketones is 1. The van der Waals surface area contributed by atoms with Crippen molar-refractivity contribution in [1.29, 1.82) is 0 Å². The minimum absolute atomic E-state index is 0.0392. The summed E-state index contributed by atoms with van der Waals surface area (Å²) in [6, 6.07) is 12.3. The third-order valence-electron chi connectivity index (χ3n) is 8.43. The van der Waals surface area contributed by atoms with Crippen molar-refractivity contribution in [2.45, 2.75) is 25.8 Å². The molecule has 9 nitrogen and oxygen atoms in total. The topological polar surface area (TPSA) is 118 Å². The van der Waals surface area contributed by atoms with E-state index in [1.54, 1.807) is 37.3 Å². The summed E-state index contributed by atoms with van der Waals surface area (Å²) in [6.07, 6.45) is 5.26. The number of rotatable bonds is 7. The molecular weight excluding hydrogens is 474 g/mol. The predicted molar refractivity (Wildman–Crippen MR) is 131 cm³/mol. The largest absolute Gasteiger partial charge is 0.292 e. The molecule has 3 amide bonds. The predicted octanol–water partition coefficient (Wildman–Crippen LogP) is 3.67. The summed E-state index contributed by atoms with van der Waals surface area (Å²) in [4.78, 5) is 65.9. The molecule has 188 valence electrons. The van der Waals surface area contributed by atoms with Gasteiger partial charge in [0.1, 0.15) is 6.04 Å². The Labute approximate surface area is 212 Å². The van der Waals surface area contributed by atoms with Crippen LogP contribution in [0.15, 0.2) is 66.7 Å². The van der Waals surface area contributed by atoms with Crippen LogP contribution in [-0.2, 0) is 9.59 Å². The van der Waals surface area contributed by atoms with Crippen molar-refractivity contribution in [2.24, 2.45) is 35.5 Å². The fraction of sp³-hybridized carbons (Fsp3) is 0.357. The number of benzene rings is 2. The van der Waals surface area contributed by atoms with Crippen molar-refractivity contribution in [2.75, 3.05) is 0 Å². The summed E-state index contributed by atoms with van der Waals surface area (Å²) >= 11 is 0. The highest BCUT2D eigenvalue weighted by Gasteiger charge is 2.68. The lowest BCUT2D eigenvalue weighted by Gasteiger charge is -2.37. The number of nitro groups is 1. The van der Waals surface area contributed by atoms with Crippen LogP contribution in [0.25, 0.3) is 0 Å². The van der Waals surface area contributed by atoms with Crippen LogP contribution >= 0.6 is 0 Å². The number of amides is 3. The number of carbonyl (C=O) groups is 4. The molecule has 1 aliphatic heterocycles. The van der Waals surface area contributed by atoms with Crippen LogP contribution in [0.3, 0.4) is 0 Å². The van der Waals surface area contributed by atoms with Gasteiger partial charge in [-0.25, -0.2) is 5.01 Å². The van der Waals surface area contributed by atoms with E-state index in [-0.39, 0.29) is 29.5 Å². The van der Waals surface area contributed by atoms with E-state index in [0.717, 1.165) is 16.4 Å². The molecule has 0 aromatic heterocycles. The Morgan fingerprint density at radius 3 is 2.03 bits per heavy atom. The van der Waals surface area contributed by atoms with Crippen molar-refractivity contribution in [3.05, 3.63) is 88.0 Å². The van der Waals surface area contributed by atoms with Crippen LogP contribution in [0.1, 0.15) is 40.5 Å². The van der Waals surface area contributed by atoms with Gasteiger partial charge in [-0.05, 0) is 48.6 Å². The third-order valence-corrected chi connectivity index (χ3v) is 8.43. The van der Waals surface area contributed by atoms with Crippen LogP contribution < -0.4 is 0 Å². The summed E-state index contributed by atoms with van der Waals surface area (Å²) in [5.41, 5.74) is 0.205. The Morgan fingerprint density at radius 2 is 1.51 bits per heavy atom. The number of allylic oxidation sites excluding steroid dienone is 2. The lowest BCUT2D eigenvalue weighted by atomic mass is 9.63. The molecule has 7 atom stereocenters. The molecule has 4 aliphatic carbocycles. The molecule has 7 rings (SSSR count). The van der Waals surface area contributed by atoms with Crippen LogP contribution in [0.4, 0.5) is 5.69 Å². The van der Waals surface area contributed by atoms with Crippen LogP contribution in [0.5, 0.6) is 0 Å². The van der Waals surface area contributed by atoms with Crippen molar-refractivity contribution < 1.29 is 24.1 Å². The van der Waals surface area contributed by atoms with E-state index >= 15 is 0 Å². The molecule has 37 heavy (non-hydrogen) atoms. The molecule has 1 heterocycles. The van der Waals surface area contributed by atoms with E-state index in [4.69, 9.17) is 0 Å². The van der Waals surface area contributed by atoms with Gasteiger partial charge in [-0.2, -0.15) is 5.01 Å². The number of non-ortho nitro benzene ring substituents is 1. The zero-order valence-electron chi connectivity index (χ0n) is 20.1. The minimum Gasteiger partial charge on any atom is -0.292 e. The molecular formula is C28H25N3O6. The first-order valence-corrected chi connectivity index (χ1v) is 12.6. The second-order valence-electron chi connectivity index (χ2n) is 10.3. The second kappa shape index (κ2) is 8.47. The average Bonchev–Trinajstić information content (AvgIpc) is 3.71. The van der Waals surface area contributed by atoms with Gasteiger partial charge >= 0.3 is 0 Å². The Hall–Kier alpha value is -4.14. The normalized spacial score (nSPS) is 29.5. The summed E-state index contributed by atoms with van der Waals surface area (Å²) in [7, 11) is 0. The highest BCUT2D eigenvalue weighted by molar-refractivity contribution is 6.11. The van der Waals surface area contributed by atoms with Crippen molar-refractivity contribution in [3.63, 3.8) is 0 Å². The molecule has 9 heteroatoms. The lowest BCUT2D eigenvalue weighted by Crippen LogP contribution is -2.57. The monoisotopic (exact) mass is 499 g/mol. The number of imide groups is 1. The molecule has 5 aliphatic rings. The SMILES string of the molecule is CC[C@H](C(=O)c1ccccc1)N(C(=O)c1ccc([N+](=O)[O-])cc1)N1C(=O)[C@@H]2[C@H]3C=C[C@@H]([C@@H]4C[C@@H]34)[C@H]2C1=O. The maximum Gasteiger partial charge on any atom is 0.273 e. The molecule has 0 radical (unpaired) electrons. The summed E-state index contributed by atoms with van der Waals surface area (Å²) in [5, 5.41) is 13.1. The quantitative estimate of drug-likeness (QED) is 0.189. The average molecular weight is 500 g/mol. The van der Waals surface area contributed by atoms with E-state index in [2.05, 4.69) is 0 Å². The van der Waals surface area contributed by atoms with Crippen molar-refractivity contribution >= 4 is 29.2 Å². The Morgan fingerprint density at radius 1 is 0.946 bits per heavy atom. The fourth-order valence-electron chi connectivity index (χ4n) is 6.65. The number of hydrogen-bond donors (Lipinski definition) is 0. The van der Waals surface area contributed by atoms with E-state index in [9.17, 15) is 29.3 Å². The Bertz CT molecular complexity index is 1320. The summed E-state index contributed by atoms with van der Waals surface area (Å²) < 4.78 is 0. The molecule has 3 fully saturated rings. The number of Topliss-reactive ketones (excluding diaryl/α,β-unsaturated/α-hetero) is 1. The Kier molecular flexibility index (Phi) is 5.33. The van der Waals surface area contributed by atoms with Crippen LogP contribution in [-0.4, -0.2) is 44.5 Å². The van der Waals surface area contributed by atoms with Gasteiger partial charge in [0.15, 0.2) is 5.78 Å². The van der Waals surface area contributed by atoms with Gasteiger partial charge in [0.25, 0.3) is 23.4 Å². The minimum atomic E-state index is -1.11. The number of nitrogens with zero attached hydrogens (tertiary/aromatic N) is 3. The molecule has 2 bridgehead atoms. The first-order chi connectivity index (χ1) is 17.8. The highest BCUT2D eigenvalue weighted by atomic mass is 16.6. The lowest BCUT2D eigenvalue weighted by molar-refractivity contribution is -0.384. The van der Waals surface area contributed by atoms with E-state index in [1.807, 2.05) is 12.2 Å². The van der Waals surface area contributed by atoms with Crippen molar-refractivity contribution in [1.82, 2.24) is 10.0 Å². The van der Waals surface area contributed by atoms with Crippen molar-refractivity contribution in [3.8, 4) is 0 Å². The smallest absolute Gasteiger partial charge is 0.273 e. The van der Waals surface area contributed by atoms with Crippen LogP contribution in [0.2, 0.25) is 0 Å². The first-order valence-electron chi connectivity index (χ1n) is 12.6. The van der Waals surface area contributed by atoms with E-state index in [1.165, 1.54) is 24.3 Å². The highest BCUT2D eigenvalue weighted by Crippen LogP contribution is 2.65. The third kappa shape index (κ3) is 3.44. The first kappa shape index (κ1) is 23.3. The zero-order chi connectivity index (χ0) is 26.0. The zero-order valence-corrected chi connectivity index (χ0v) is 20.1. The van der Waals surface area contributed by atoms with E-state index < -0.39 is 46.3 Å². The molecule has 0 N–H and O–H groups in total. The molecule has 2 aromatic rings. The Balaban J connectivity index is 1.42. The van der Waals surface area contributed by atoms with Gasteiger partial charge < -0.3 is 0 Å². The standard InChI is InChI=1S/C28H25N3O6/c1-2-22(25(32)15-6-4-3-5-7-15)29(26(33)16-8-10-17(11-9-16)31(36)37)30-27(34)23-18-12-13-19(21-14-20(18)21)24(23)28(30)35/h3-13,18-24H,2,14H2,1H3/t18-,19-,20-,21-,22+,23+,24+/m0/s1. The van der Waals surface area contributed by atoms with Gasteiger partial charge in [-0.15, -0.1) is 0 Å². The number of carbonyl (C=O) groups excluding carboxylic acids is 4. The second-order valence-corrected chi connectivity index (χ2v) is 10.3.